The topological polar surface area (TPSA) is 60.0 Å². The third-order valence-corrected chi connectivity index (χ3v) is 3.17. The summed E-state index contributed by atoms with van der Waals surface area (Å²) in [5.41, 5.74) is 8.88. The summed E-state index contributed by atoms with van der Waals surface area (Å²) in [6.45, 7) is 0.493. The van der Waals surface area contributed by atoms with Gasteiger partial charge in [0.2, 0.25) is 0 Å². The molecule has 1 aliphatic rings. The van der Waals surface area contributed by atoms with Crippen LogP contribution in [0.1, 0.15) is 22.0 Å². The van der Waals surface area contributed by atoms with E-state index < -0.39 is 0 Å². The Kier molecular flexibility index (Phi) is 1.82. The molecule has 3 N–H and O–H groups in total. The number of carbonyl (C=O) groups excluding carboxylic acids is 1. The van der Waals surface area contributed by atoms with Gasteiger partial charge >= 0.3 is 0 Å². The second-order valence-electron chi connectivity index (χ2n) is 4.21. The number of carbonyl (C=O) groups is 1. The highest BCUT2D eigenvalue weighted by Crippen LogP contribution is 2.29. The molecule has 1 aromatic carbocycles. The molecule has 0 aliphatic carbocycles. The van der Waals surface area contributed by atoms with Gasteiger partial charge in [-0.1, -0.05) is 6.07 Å². The standard InChI is InChI=1S/C12H13N3O/c1-15-6-8-9(13)5-14-12(16)7-3-2-4-10(15)11(7)8/h2-4,6,9H,5,13H2,1H3,(H,14,16). The first kappa shape index (κ1) is 9.42. The lowest BCUT2D eigenvalue weighted by atomic mass is 10.0. The first-order valence-electron chi connectivity index (χ1n) is 5.30. The fraction of sp³-hybridized carbons (Fsp3) is 0.250. The summed E-state index contributed by atoms with van der Waals surface area (Å²) in [4.78, 5) is 11.9. The van der Waals surface area contributed by atoms with Crippen LogP contribution in [0.4, 0.5) is 0 Å². The highest BCUT2D eigenvalue weighted by molar-refractivity contribution is 6.08. The van der Waals surface area contributed by atoms with E-state index in [1.165, 1.54) is 0 Å². The van der Waals surface area contributed by atoms with Crippen molar-refractivity contribution < 1.29 is 4.79 Å². The first-order valence-corrected chi connectivity index (χ1v) is 5.30. The van der Waals surface area contributed by atoms with Crippen molar-refractivity contribution >= 4 is 16.8 Å². The van der Waals surface area contributed by atoms with E-state index in [4.69, 9.17) is 5.73 Å². The number of aryl methyl sites for hydroxylation is 1. The maximum Gasteiger partial charge on any atom is 0.252 e. The van der Waals surface area contributed by atoms with Gasteiger partial charge in [-0.2, -0.15) is 0 Å². The second-order valence-corrected chi connectivity index (χ2v) is 4.21. The predicted octanol–water partition coefficient (Wildman–Crippen LogP) is 0.921. The van der Waals surface area contributed by atoms with Gasteiger partial charge in [-0.25, -0.2) is 0 Å². The van der Waals surface area contributed by atoms with Crippen LogP contribution in [0, 0.1) is 0 Å². The van der Waals surface area contributed by atoms with Gasteiger partial charge in [0.15, 0.2) is 0 Å². The Morgan fingerprint density at radius 3 is 3.12 bits per heavy atom. The van der Waals surface area contributed by atoms with Crippen LogP contribution in [0.2, 0.25) is 0 Å². The number of benzene rings is 1. The Labute approximate surface area is 93.0 Å². The molecule has 0 saturated carbocycles. The first-order chi connectivity index (χ1) is 7.68. The van der Waals surface area contributed by atoms with Gasteiger partial charge in [0, 0.05) is 42.3 Å². The molecular formula is C12H13N3O. The van der Waals surface area contributed by atoms with Crippen molar-refractivity contribution in [2.45, 2.75) is 6.04 Å². The normalized spacial score (nSPS) is 19.6. The number of aromatic nitrogens is 1. The lowest BCUT2D eigenvalue weighted by molar-refractivity contribution is 0.0954. The van der Waals surface area contributed by atoms with Crippen molar-refractivity contribution in [2.24, 2.45) is 12.8 Å². The molecule has 1 aromatic heterocycles. The van der Waals surface area contributed by atoms with Gasteiger partial charge in [0.05, 0.1) is 0 Å². The van der Waals surface area contributed by atoms with Crippen LogP contribution >= 0.6 is 0 Å². The van der Waals surface area contributed by atoms with Crippen molar-refractivity contribution in [2.75, 3.05) is 6.54 Å². The molecule has 1 unspecified atom stereocenters. The molecule has 1 atom stereocenters. The number of amides is 1. The zero-order valence-electron chi connectivity index (χ0n) is 9.03. The smallest absolute Gasteiger partial charge is 0.252 e. The predicted molar refractivity (Wildman–Crippen MR) is 62.2 cm³/mol. The average molecular weight is 215 g/mol. The van der Waals surface area contributed by atoms with Gasteiger partial charge in [0.1, 0.15) is 0 Å². The number of hydrogen-bond acceptors (Lipinski definition) is 2. The zero-order valence-corrected chi connectivity index (χ0v) is 9.03. The number of hydrogen-bond donors (Lipinski definition) is 2. The van der Waals surface area contributed by atoms with Crippen LogP contribution in [0.25, 0.3) is 10.9 Å². The minimum atomic E-state index is -0.128. The van der Waals surface area contributed by atoms with Crippen molar-refractivity contribution in [1.29, 1.82) is 0 Å². The molecule has 0 saturated heterocycles. The van der Waals surface area contributed by atoms with E-state index in [0.29, 0.717) is 6.54 Å². The Hall–Kier alpha value is -1.81. The van der Waals surface area contributed by atoms with Gasteiger partial charge < -0.3 is 15.6 Å². The van der Waals surface area contributed by atoms with Crippen molar-refractivity contribution in [3.8, 4) is 0 Å². The van der Waals surface area contributed by atoms with Crippen molar-refractivity contribution in [1.82, 2.24) is 9.88 Å². The van der Waals surface area contributed by atoms with Gasteiger partial charge in [-0.3, -0.25) is 4.79 Å². The summed E-state index contributed by atoms with van der Waals surface area (Å²) >= 11 is 0. The minimum Gasteiger partial charge on any atom is -0.350 e. The molecule has 16 heavy (non-hydrogen) atoms. The lowest BCUT2D eigenvalue weighted by Gasteiger charge is -2.07. The molecule has 0 spiro atoms. The van der Waals surface area contributed by atoms with E-state index in [9.17, 15) is 4.79 Å². The SMILES string of the molecule is Cn1cc2c3c(cccc31)C(=O)NCC2N. The van der Waals surface area contributed by atoms with Gasteiger partial charge in [-0.05, 0) is 17.7 Å². The Morgan fingerprint density at radius 2 is 2.31 bits per heavy atom. The monoisotopic (exact) mass is 215 g/mol. The van der Waals surface area contributed by atoms with Gasteiger partial charge in [0.25, 0.3) is 5.91 Å². The number of nitrogens with two attached hydrogens (primary N) is 1. The zero-order chi connectivity index (χ0) is 11.3. The largest absolute Gasteiger partial charge is 0.350 e. The van der Waals surface area contributed by atoms with Crippen molar-refractivity contribution in [3.63, 3.8) is 0 Å². The summed E-state index contributed by atoms with van der Waals surface area (Å²) < 4.78 is 2.02. The lowest BCUT2D eigenvalue weighted by Crippen LogP contribution is -2.29. The molecule has 3 rings (SSSR count). The fourth-order valence-corrected chi connectivity index (χ4v) is 2.36. The third-order valence-electron chi connectivity index (χ3n) is 3.17. The Balaban J connectivity index is 2.46. The number of nitrogens with zero attached hydrogens (tertiary/aromatic N) is 1. The van der Waals surface area contributed by atoms with Crippen LogP contribution in [0.15, 0.2) is 24.4 Å². The highest BCUT2D eigenvalue weighted by atomic mass is 16.1. The molecular weight excluding hydrogens is 202 g/mol. The van der Waals surface area contributed by atoms with Crippen LogP contribution in [0.3, 0.4) is 0 Å². The molecule has 0 bridgehead atoms. The highest BCUT2D eigenvalue weighted by Gasteiger charge is 2.23. The van der Waals surface area contributed by atoms with Crippen LogP contribution in [-0.4, -0.2) is 17.0 Å². The quantitative estimate of drug-likeness (QED) is 0.686. The fourth-order valence-electron chi connectivity index (χ4n) is 2.36. The molecule has 2 aromatic rings. The second kappa shape index (κ2) is 3.09. The van der Waals surface area contributed by atoms with E-state index in [0.717, 1.165) is 22.0 Å². The average Bonchev–Trinajstić information content (AvgIpc) is 2.58. The maximum absolute atomic E-state index is 11.9. The summed E-state index contributed by atoms with van der Waals surface area (Å²) in [7, 11) is 1.97. The molecule has 4 nitrogen and oxygen atoms in total. The van der Waals surface area contributed by atoms with E-state index in [1.54, 1.807) is 0 Å². The minimum absolute atomic E-state index is 0.0361. The molecule has 0 fully saturated rings. The number of rotatable bonds is 0. The Morgan fingerprint density at radius 1 is 1.50 bits per heavy atom. The summed E-state index contributed by atoms with van der Waals surface area (Å²) in [5.74, 6) is -0.0361. The molecule has 0 radical (unpaired) electrons. The maximum atomic E-state index is 11.9. The summed E-state index contributed by atoms with van der Waals surface area (Å²) in [6.07, 6.45) is 2.01. The van der Waals surface area contributed by atoms with Gasteiger partial charge in [-0.15, -0.1) is 0 Å². The van der Waals surface area contributed by atoms with E-state index >= 15 is 0 Å². The van der Waals surface area contributed by atoms with Crippen LogP contribution in [-0.2, 0) is 7.05 Å². The summed E-state index contributed by atoms with van der Waals surface area (Å²) in [5, 5.41) is 3.83. The van der Waals surface area contributed by atoms with Crippen LogP contribution < -0.4 is 11.1 Å². The van der Waals surface area contributed by atoms with E-state index in [1.807, 2.05) is 36.0 Å². The molecule has 1 amide bonds. The Bertz CT molecular complexity index is 585. The van der Waals surface area contributed by atoms with E-state index in [-0.39, 0.29) is 11.9 Å². The molecule has 2 heterocycles. The third kappa shape index (κ3) is 1.10. The molecule has 1 aliphatic heterocycles. The van der Waals surface area contributed by atoms with E-state index in [2.05, 4.69) is 5.32 Å². The molecule has 4 heteroatoms. The number of nitrogens with one attached hydrogen (secondary N) is 1. The molecule has 82 valence electrons. The van der Waals surface area contributed by atoms with Crippen molar-refractivity contribution in [3.05, 3.63) is 35.5 Å². The van der Waals surface area contributed by atoms with Crippen LogP contribution in [0.5, 0.6) is 0 Å². The summed E-state index contributed by atoms with van der Waals surface area (Å²) in [6, 6.07) is 5.63.